The highest BCUT2D eigenvalue weighted by Crippen LogP contribution is 2.25. The molecule has 6 heteroatoms. The van der Waals surface area contributed by atoms with E-state index in [1.54, 1.807) is 0 Å². The number of aryl methyl sites for hydroxylation is 1. The number of rotatable bonds is 1. The van der Waals surface area contributed by atoms with Crippen molar-refractivity contribution >= 4 is 9.84 Å². The summed E-state index contributed by atoms with van der Waals surface area (Å²) in [4.78, 5) is 0. The monoisotopic (exact) mass is 289 g/mol. The molecule has 106 valence electrons. The number of nitrogens with one attached hydrogen (secondary N) is 1. The zero-order valence-corrected chi connectivity index (χ0v) is 11.7. The summed E-state index contributed by atoms with van der Waals surface area (Å²) in [6.45, 7) is 3.32. The highest BCUT2D eigenvalue weighted by Gasteiger charge is 2.29. The van der Waals surface area contributed by atoms with Crippen molar-refractivity contribution in [3.8, 4) is 0 Å². The fraction of sp³-hybridized carbons (Fsp3) is 0.538. The molecule has 2 unspecified atom stereocenters. The minimum atomic E-state index is -3.24. The van der Waals surface area contributed by atoms with Crippen molar-refractivity contribution in [3.63, 3.8) is 0 Å². The van der Waals surface area contributed by atoms with E-state index < -0.39 is 27.5 Å². The molecule has 0 saturated carbocycles. The van der Waals surface area contributed by atoms with Crippen LogP contribution in [-0.4, -0.2) is 26.0 Å². The van der Waals surface area contributed by atoms with Crippen LogP contribution in [0.15, 0.2) is 12.1 Å². The molecule has 1 N–H and O–H groups in total. The molecular formula is C13H17F2NO2S. The maximum Gasteiger partial charge on any atom is 0.152 e. The Hall–Kier alpha value is -1.01. The van der Waals surface area contributed by atoms with E-state index in [1.807, 2.05) is 6.92 Å². The molecule has 1 aromatic rings. The minimum Gasteiger partial charge on any atom is -0.306 e. The van der Waals surface area contributed by atoms with Crippen LogP contribution in [0.3, 0.4) is 0 Å². The second-order valence-corrected chi connectivity index (χ2v) is 7.37. The second-order valence-electron chi connectivity index (χ2n) is 5.15. The normalized spacial score (nSPS) is 26.9. The molecule has 3 nitrogen and oxygen atoms in total. The summed E-state index contributed by atoms with van der Waals surface area (Å²) in [5.74, 6) is -1.21. The molecule has 2 atom stereocenters. The zero-order chi connectivity index (χ0) is 14.2. The third-order valence-corrected chi connectivity index (χ3v) is 5.12. The topological polar surface area (TPSA) is 46.2 Å². The smallest absolute Gasteiger partial charge is 0.152 e. The number of halogens is 2. The fourth-order valence-electron chi connectivity index (χ4n) is 2.28. The largest absolute Gasteiger partial charge is 0.306 e. The van der Waals surface area contributed by atoms with Gasteiger partial charge in [0.05, 0.1) is 11.5 Å². The SMILES string of the molecule is Cc1cc(F)c(C2CS(=O)(=O)CCC(C)N2)cc1F. The quantitative estimate of drug-likeness (QED) is 0.861. The molecule has 0 aliphatic carbocycles. The predicted molar refractivity (Wildman–Crippen MR) is 69.7 cm³/mol. The van der Waals surface area contributed by atoms with Crippen LogP contribution in [0.25, 0.3) is 0 Å². The molecule has 0 aromatic heterocycles. The van der Waals surface area contributed by atoms with Gasteiger partial charge >= 0.3 is 0 Å². The third kappa shape index (κ3) is 3.30. The lowest BCUT2D eigenvalue weighted by Crippen LogP contribution is -2.31. The molecule has 0 bridgehead atoms. The first-order chi connectivity index (χ1) is 8.78. The first-order valence-electron chi connectivity index (χ1n) is 6.20. The molecule has 0 spiro atoms. The van der Waals surface area contributed by atoms with Crippen molar-refractivity contribution in [1.82, 2.24) is 5.32 Å². The van der Waals surface area contributed by atoms with Gasteiger partial charge in [-0.2, -0.15) is 0 Å². The number of hydrogen-bond acceptors (Lipinski definition) is 3. The van der Waals surface area contributed by atoms with Crippen molar-refractivity contribution in [2.75, 3.05) is 11.5 Å². The van der Waals surface area contributed by atoms with Gasteiger partial charge in [-0.1, -0.05) is 0 Å². The van der Waals surface area contributed by atoms with Crippen LogP contribution in [0, 0.1) is 18.6 Å². The van der Waals surface area contributed by atoms with Crippen molar-refractivity contribution < 1.29 is 17.2 Å². The molecule has 0 amide bonds. The molecule has 1 saturated heterocycles. The van der Waals surface area contributed by atoms with Gasteiger partial charge in [-0.15, -0.1) is 0 Å². The molecule has 1 fully saturated rings. The average molecular weight is 289 g/mol. The van der Waals surface area contributed by atoms with E-state index in [0.717, 1.165) is 12.1 Å². The van der Waals surface area contributed by atoms with Gasteiger partial charge in [0, 0.05) is 17.6 Å². The Bertz CT molecular complexity index is 587. The lowest BCUT2D eigenvalue weighted by Gasteiger charge is -2.20. The van der Waals surface area contributed by atoms with E-state index in [9.17, 15) is 17.2 Å². The average Bonchev–Trinajstić information content (AvgIpc) is 2.43. The van der Waals surface area contributed by atoms with Crippen molar-refractivity contribution in [3.05, 3.63) is 34.9 Å². The highest BCUT2D eigenvalue weighted by atomic mass is 32.2. The summed E-state index contributed by atoms with van der Waals surface area (Å²) in [5, 5.41) is 3.05. The van der Waals surface area contributed by atoms with Gasteiger partial charge in [-0.3, -0.25) is 0 Å². The molecule has 0 radical (unpaired) electrons. The van der Waals surface area contributed by atoms with Crippen LogP contribution in [0.2, 0.25) is 0 Å². The summed E-state index contributed by atoms with van der Waals surface area (Å²) in [6, 6.07) is 1.45. The Morgan fingerprint density at radius 3 is 2.63 bits per heavy atom. The number of benzene rings is 1. The van der Waals surface area contributed by atoms with Crippen molar-refractivity contribution in [2.45, 2.75) is 32.4 Å². The Morgan fingerprint density at radius 2 is 1.95 bits per heavy atom. The molecule has 1 aromatic carbocycles. The van der Waals surface area contributed by atoms with E-state index in [1.165, 1.54) is 6.92 Å². The first-order valence-corrected chi connectivity index (χ1v) is 8.02. The fourth-order valence-corrected chi connectivity index (χ4v) is 3.94. The molecule has 1 aliphatic heterocycles. The first kappa shape index (κ1) is 14.4. The molecule has 2 rings (SSSR count). The van der Waals surface area contributed by atoms with Crippen LogP contribution in [0.5, 0.6) is 0 Å². The van der Waals surface area contributed by atoms with Gasteiger partial charge in [-0.05, 0) is 38.0 Å². The van der Waals surface area contributed by atoms with Crippen LogP contribution in [-0.2, 0) is 9.84 Å². The van der Waals surface area contributed by atoms with E-state index in [0.29, 0.717) is 6.42 Å². The summed E-state index contributed by atoms with van der Waals surface area (Å²) < 4.78 is 51.1. The lowest BCUT2D eigenvalue weighted by molar-refractivity contribution is 0.463. The van der Waals surface area contributed by atoms with Gasteiger partial charge in [0.15, 0.2) is 9.84 Å². The number of hydrogen-bond donors (Lipinski definition) is 1. The highest BCUT2D eigenvalue weighted by molar-refractivity contribution is 7.91. The van der Waals surface area contributed by atoms with Crippen molar-refractivity contribution in [2.24, 2.45) is 0 Å². The zero-order valence-electron chi connectivity index (χ0n) is 10.9. The third-order valence-electron chi connectivity index (χ3n) is 3.42. The van der Waals surface area contributed by atoms with E-state index >= 15 is 0 Å². The lowest BCUT2D eigenvalue weighted by atomic mass is 10.0. The van der Waals surface area contributed by atoms with E-state index in [4.69, 9.17) is 0 Å². The molecule has 1 aliphatic rings. The maximum absolute atomic E-state index is 13.9. The summed E-state index contributed by atoms with van der Waals surface area (Å²) in [5.41, 5.74) is 0.297. The maximum atomic E-state index is 13.9. The van der Waals surface area contributed by atoms with Crippen LogP contribution in [0.4, 0.5) is 8.78 Å². The van der Waals surface area contributed by atoms with Gasteiger partial charge in [-0.25, -0.2) is 17.2 Å². The standard InChI is InChI=1S/C13H17F2NO2S/c1-8-5-12(15)10(6-11(8)14)13-7-19(17,18)4-3-9(2)16-13/h5-6,9,13,16H,3-4,7H2,1-2H3. The summed E-state index contributed by atoms with van der Waals surface area (Å²) >= 11 is 0. The minimum absolute atomic E-state index is 0.0500. The number of sulfone groups is 1. The van der Waals surface area contributed by atoms with Crippen LogP contribution < -0.4 is 5.32 Å². The van der Waals surface area contributed by atoms with Crippen molar-refractivity contribution in [1.29, 1.82) is 0 Å². The van der Waals surface area contributed by atoms with Crippen LogP contribution in [0.1, 0.15) is 30.5 Å². The molecule has 1 heterocycles. The second kappa shape index (κ2) is 5.17. The van der Waals surface area contributed by atoms with E-state index in [-0.39, 0.29) is 28.7 Å². The molecule has 19 heavy (non-hydrogen) atoms. The van der Waals surface area contributed by atoms with Gasteiger partial charge in [0.1, 0.15) is 11.6 Å². The van der Waals surface area contributed by atoms with Gasteiger partial charge < -0.3 is 5.32 Å². The Morgan fingerprint density at radius 1 is 1.26 bits per heavy atom. The Labute approximate surface area is 111 Å². The Balaban J connectivity index is 2.41. The van der Waals surface area contributed by atoms with Crippen LogP contribution >= 0.6 is 0 Å². The summed E-state index contributed by atoms with van der Waals surface area (Å²) in [6.07, 6.45) is 0.481. The molecular weight excluding hydrogens is 272 g/mol. The van der Waals surface area contributed by atoms with Gasteiger partial charge in [0.25, 0.3) is 0 Å². The van der Waals surface area contributed by atoms with E-state index in [2.05, 4.69) is 5.32 Å². The van der Waals surface area contributed by atoms with Gasteiger partial charge in [0.2, 0.25) is 0 Å². The summed E-state index contributed by atoms with van der Waals surface area (Å²) in [7, 11) is -3.24. The predicted octanol–water partition coefficient (Wildman–Crippen LogP) is 2.11. The Kier molecular flexibility index (Phi) is 3.92.